The quantitative estimate of drug-likeness (QED) is 0.417. The van der Waals surface area contributed by atoms with Crippen LogP contribution in [0.25, 0.3) is 0 Å². The van der Waals surface area contributed by atoms with Crippen molar-refractivity contribution in [2.24, 2.45) is 0 Å². The third-order valence-corrected chi connectivity index (χ3v) is 7.37. The molecule has 2 amide bonds. The number of carbonyl (C=O) groups is 2. The Hall–Kier alpha value is -2.87. The number of hydrogen-bond acceptors (Lipinski definition) is 4. The monoisotopic (exact) mass is 501 g/mol. The first-order valence-electron chi connectivity index (χ1n) is 12.2. The number of sulfonamides is 1. The van der Waals surface area contributed by atoms with Crippen LogP contribution in [-0.4, -0.2) is 50.5 Å². The van der Waals surface area contributed by atoms with E-state index < -0.39 is 16.1 Å². The highest BCUT2D eigenvalue weighted by Gasteiger charge is 2.26. The second-order valence-electron chi connectivity index (χ2n) is 8.99. The molecule has 8 heteroatoms. The number of benzene rings is 2. The maximum absolute atomic E-state index is 13.3. The van der Waals surface area contributed by atoms with Crippen molar-refractivity contribution >= 4 is 27.5 Å². The summed E-state index contributed by atoms with van der Waals surface area (Å²) in [5, 5.41) is 2.91. The minimum Gasteiger partial charge on any atom is -0.354 e. The third kappa shape index (κ3) is 8.38. The molecule has 0 saturated carbocycles. The Bertz CT molecular complexity index is 1090. The van der Waals surface area contributed by atoms with Gasteiger partial charge in [-0.15, -0.1) is 0 Å². The first kappa shape index (κ1) is 28.4. The van der Waals surface area contributed by atoms with Crippen molar-refractivity contribution in [2.45, 2.75) is 66.0 Å². The van der Waals surface area contributed by atoms with Crippen LogP contribution in [0.3, 0.4) is 0 Å². The second kappa shape index (κ2) is 13.3. The van der Waals surface area contributed by atoms with Gasteiger partial charge >= 0.3 is 0 Å². The van der Waals surface area contributed by atoms with Gasteiger partial charge in [0.15, 0.2) is 0 Å². The molecule has 0 aliphatic rings. The van der Waals surface area contributed by atoms with Gasteiger partial charge in [0.25, 0.3) is 0 Å². The molecule has 2 rings (SSSR count). The molecule has 0 radical (unpaired) electrons. The number of nitrogens with zero attached hydrogens (tertiary/aromatic N) is 2. The highest BCUT2D eigenvalue weighted by molar-refractivity contribution is 7.92. The van der Waals surface area contributed by atoms with E-state index in [1.807, 2.05) is 56.3 Å². The number of amides is 2. The molecule has 192 valence electrons. The molecule has 0 aromatic heterocycles. The maximum atomic E-state index is 13.3. The molecule has 0 aliphatic heterocycles. The molecule has 2 aromatic rings. The lowest BCUT2D eigenvalue weighted by Gasteiger charge is -2.29. The van der Waals surface area contributed by atoms with Crippen molar-refractivity contribution in [1.82, 2.24) is 10.2 Å². The smallest absolute Gasteiger partial charge is 0.242 e. The summed E-state index contributed by atoms with van der Waals surface area (Å²) in [4.78, 5) is 27.6. The van der Waals surface area contributed by atoms with Crippen LogP contribution in [0.5, 0.6) is 0 Å². The Morgan fingerprint density at radius 1 is 1.00 bits per heavy atom. The lowest BCUT2D eigenvalue weighted by atomic mass is 10.1. The minimum atomic E-state index is -3.52. The summed E-state index contributed by atoms with van der Waals surface area (Å²) in [5.74, 6) is -0.364. The normalized spacial score (nSPS) is 12.1. The molecule has 2 aromatic carbocycles. The zero-order chi connectivity index (χ0) is 26.0. The molecule has 35 heavy (non-hydrogen) atoms. The number of hydrogen-bond donors (Lipinski definition) is 1. The molecule has 1 atom stereocenters. The SMILES string of the molecule is CCCCNC(=O)[C@H](C)N(Cc1ccccc1)C(=O)CCCN(c1cccc(C)c1C)S(C)(=O)=O. The first-order valence-corrected chi connectivity index (χ1v) is 14.1. The van der Waals surface area contributed by atoms with Gasteiger partial charge in [-0.05, 0) is 56.4 Å². The lowest BCUT2D eigenvalue weighted by molar-refractivity contribution is -0.140. The molecule has 0 aliphatic carbocycles. The van der Waals surface area contributed by atoms with Gasteiger partial charge in [-0.3, -0.25) is 13.9 Å². The predicted octanol–water partition coefficient (Wildman–Crippen LogP) is 4.18. The molecule has 7 nitrogen and oxygen atoms in total. The van der Waals surface area contributed by atoms with Crippen molar-refractivity contribution in [1.29, 1.82) is 0 Å². The zero-order valence-electron chi connectivity index (χ0n) is 21.6. The molecule has 1 N–H and O–H groups in total. The summed E-state index contributed by atoms with van der Waals surface area (Å²) in [5.41, 5.74) is 3.46. The van der Waals surface area contributed by atoms with Crippen LogP contribution in [0.15, 0.2) is 48.5 Å². The van der Waals surface area contributed by atoms with Crippen molar-refractivity contribution < 1.29 is 18.0 Å². The first-order chi connectivity index (χ1) is 16.6. The molecule has 0 fully saturated rings. The highest BCUT2D eigenvalue weighted by Crippen LogP contribution is 2.25. The van der Waals surface area contributed by atoms with Crippen molar-refractivity contribution in [3.63, 3.8) is 0 Å². The molecular formula is C27H39N3O4S. The van der Waals surface area contributed by atoms with E-state index in [0.29, 0.717) is 25.2 Å². The number of aryl methyl sites for hydroxylation is 1. The van der Waals surface area contributed by atoms with Gasteiger partial charge in [0.05, 0.1) is 11.9 Å². The summed E-state index contributed by atoms with van der Waals surface area (Å²) in [6, 6.07) is 14.5. The highest BCUT2D eigenvalue weighted by atomic mass is 32.2. The Labute approximate surface area is 210 Å². The maximum Gasteiger partial charge on any atom is 0.242 e. The molecule has 0 bridgehead atoms. The predicted molar refractivity (Wildman–Crippen MR) is 142 cm³/mol. The van der Waals surface area contributed by atoms with Gasteiger partial charge in [-0.1, -0.05) is 55.8 Å². The number of rotatable bonds is 13. The van der Waals surface area contributed by atoms with Gasteiger partial charge in [-0.25, -0.2) is 8.42 Å². The van der Waals surface area contributed by atoms with Crippen LogP contribution in [0, 0.1) is 13.8 Å². The number of anilines is 1. The summed E-state index contributed by atoms with van der Waals surface area (Å²) in [6.07, 6.45) is 3.51. The van der Waals surface area contributed by atoms with Gasteiger partial charge < -0.3 is 10.2 Å². The number of carbonyl (C=O) groups excluding carboxylic acids is 2. The Kier molecular flexibility index (Phi) is 10.8. The Morgan fingerprint density at radius 2 is 1.69 bits per heavy atom. The lowest BCUT2D eigenvalue weighted by Crippen LogP contribution is -2.48. The van der Waals surface area contributed by atoms with Gasteiger partial charge in [-0.2, -0.15) is 0 Å². The van der Waals surface area contributed by atoms with Gasteiger partial charge in [0.1, 0.15) is 6.04 Å². The van der Waals surface area contributed by atoms with Crippen LogP contribution in [0.4, 0.5) is 5.69 Å². The molecule has 0 heterocycles. The van der Waals surface area contributed by atoms with Gasteiger partial charge in [0, 0.05) is 26.1 Å². The van der Waals surface area contributed by atoms with Crippen molar-refractivity contribution in [2.75, 3.05) is 23.7 Å². The summed E-state index contributed by atoms with van der Waals surface area (Å²) in [7, 11) is -3.52. The molecule has 0 unspecified atom stereocenters. The fourth-order valence-corrected chi connectivity index (χ4v) is 4.90. The number of nitrogens with one attached hydrogen (secondary N) is 1. The van der Waals surface area contributed by atoms with Crippen molar-refractivity contribution in [3.8, 4) is 0 Å². The third-order valence-electron chi connectivity index (χ3n) is 6.19. The van der Waals surface area contributed by atoms with Crippen LogP contribution in [-0.2, 0) is 26.2 Å². The second-order valence-corrected chi connectivity index (χ2v) is 10.9. The fourth-order valence-electron chi connectivity index (χ4n) is 3.89. The van der Waals surface area contributed by atoms with E-state index in [1.54, 1.807) is 17.9 Å². The van der Waals surface area contributed by atoms with E-state index >= 15 is 0 Å². The topological polar surface area (TPSA) is 86.8 Å². The van der Waals surface area contributed by atoms with Crippen LogP contribution in [0.2, 0.25) is 0 Å². The van der Waals surface area contributed by atoms with E-state index in [1.165, 1.54) is 10.6 Å². The average molecular weight is 502 g/mol. The summed E-state index contributed by atoms with van der Waals surface area (Å²) >= 11 is 0. The minimum absolute atomic E-state index is 0.135. The Balaban J connectivity index is 2.15. The zero-order valence-corrected chi connectivity index (χ0v) is 22.4. The van der Waals surface area contributed by atoms with E-state index in [2.05, 4.69) is 12.2 Å². The number of unbranched alkanes of at least 4 members (excludes halogenated alkanes) is 1. The Morgan fingerprint density at radius 3 is 2.31 bits per heavy atom. The van der Waals surface area contributed by atoms with Crippen molar-refractivity contribution in [3.05, 3.63) is 65.2 Å². The molecular weight excluding hydrogens is 462 g/mol. The van der Waals surface area contributed by atoms with E-state index in [-0.39, 0.29) is 24.8 Å². The average Bonchev–Trinajstić information content (AvgIpc) is 2.82. The standard InChI is InChI=1S/C27H39N3O4S/c1-6-7-18-28-27(32)23(4)29(20-24-14-9-8-10-15-24)26(31)17-12-19-30(35(5,33)34)25-16-11-13-21(2)22(25)3/h8-11,13-16,23H,6-7,12,17-20H2,1-5H3,(H,28,32)/t23-/m0/s1. The van der Waals surface area contributed by atoms with Gasteiger partial charge in [0.2, 0.25) is 21.8 Å². The molecule has 0 saturated heterocycles. The fraction of sp³-hybridized carbons (Fsp3) is 0.481. The van der Waals surface area contributed by atoms with Crippen LogP contribution >= 0.6 is 0 Å². The molecule has 0 spiro atoms. The summed E-state index contributed by atoms with van der Waals surface area (Å²) < 4.78 is 26.5. The van der Waals surface area contributed by atoms with Crippen LogP contribution < -0.4 is 9.62 Å². The van der Waals surface area contributed by atoms with Crippen LogP contribution in [0.1, 0.15) is 56.2 Å². The summed E-state index contributed by atoms with van der Waals surface area (Å²) in [6.45, 7) is 8.71. The van der Waals surface area contributed by atoms with E-state index in [0.717, 1.165) is 29.5 Å². The largest absolute Gasteiger partial charge is 0.354 e. The van der Waals surface area contributed by atoms with E-state index in [4.69, 9.17) is 0 Å². The van der Waals surface area contributed by atoms with E-state index in [9.17, 15) is 18.0 Å².